The molecule has 0 heterocycles. The maximum absolute atomic E-state index is 12.5. The molecule has 0 unspecified atom stereocenters. The van der Waals surface area contributed by atoms with Gasteiger partial charge in [-0.25, -0.2) is 0 Å². The van der Waals surface area contributed by atoms with Crippen molar-refractivity contribution in [2.45, 2.75) is 25.8 Å². The number of rotatable bonds is 9. The number of hydrogen-bond acceptors (Lipinski definition) is 3. The molecule has 0 fully saturated rings. The third kappa shape index (κ3) is 5.91. The quantitative estimate of drug-likeness (QED) is 0.711. The second-order valence-corrected chi connectivity index (χ2v) is 6.31. The molecule has 0 aromatic heterocycles. The van der Waals surface area contributed by atoms with Crippen molar-refractivity contribution in [2.75, 3.05) is 27.2 Å². The Kier molecular flexibility index (Phi) is 7.48. The van der Waals surface area contributed by atoms with Crippen LogP contribution >= 0.6 is 0 Å². The molecule has 134 valence electrons. The highest BCUT2D eigenvalue weighted by molar-refractivity contribution is 5.83. The van der Waals surface area contributed by atoms with Gasteiger partial charge in [-0.2, -0.15) is 0 Å². The van der Waals surface area contributed by atoms with Crippen molar-refractivity contribution in [1.82, 2.24) is 10.2 Å². The van der Waals surface area contributed by atoms with E-state index >= 15 is 0 Å². The number of likely N-dealkylation sites (N-methyl/N-ethyl adjacent to an activating group) is 1. The van der Waals surface area contributed by atoms with Gasteiger partial charge in [-0.05, 0) is 43.8 Å². The van der Waals surface area contributed by atoms with E-state index in [1.54, 1.807) is 0 Å². The molecule has 2 aromatic carbocycles. The molecule has 25 heavy (non-hydrogen) atoms. The van der Waals surface area contributed by atoms with Gasteiger partial charge in [-0.1, -0.05) is 55.8 Å². The van der Waals surface area contributed by atoms with Crippen LogP contribution < -0.4 is 10.1 Å². The zero-order valence-electron chi connectivity index (χ0n) is 15.4. The van der Waals surface area contributed by atoms with Gasteiger partial charge in [0.1, 0.15) is 18.4 Å². The molecular formula is C21H28N2O2. The summed E-state index contributed by atoms with van der Waals surface area (Å²) in [7, 11) is 3.82. The number of aryl methyl sites for hydroxylation is 1. The zero-order chi connectivity index (χ0) is 18.1. The van der Waals surface area contributed by atoms with E-state index < -0.39 is 0 Å². The van der Waals surface area contributed by atoms with Gasteiger partial charge in [-0.3, -0.25) is 9.69 Å². The smallest absolute Gasteiger partial charge is 0.242 e. The third-order valence-electron chi connectivity index (χ3n) is 4.01. The molecule has 4 heteroatoms. The molecule has 0 aliphatic rings. The van der Waals surface area contributed by atoms with E-state index in [1.165, 1.54) is 5.56 Å². The number of benzene rings is 2. The molecule has 1 atom stereocenters. The Labute approximate surface area is 150 Å². The lowest BCUT2D eigenvalue weighted by atomic mass is 10.1. The summed E-state index contributed by atoms with van der Waals surface area (Å²) in [5.74, 6) is 0.819. The van der Waals surface area contributed by atoms with Crippen molar-refractivity contribution in [1.29, 1.82) is 0 Å². The van der Waals surface area contributed by atoms with Crippen LogP contribution in [-0.2, 0) is 11.2 Å². The molecule has 0 aliphatic heterocycles. The minimum atomic E-state index is -0.297. The van der Waals surface area contributed by atoms with Crippen molar-refractivity contribution in [2.24, 2.45) is 0 Å². The van der Waals surface area contributed by atoms with Gasteiger partial charge in [0.25, 0.3) is 0 Å². The number of nitrogens with one attached hydrogen (secondary N) is 1. The van der Waals surface area contributed by atoms with E-state index in [-0.39, 0.29) is 11.9 Å². The first kappa shape index (κ1) is 19.0. The summed E-state index contributed by atoms with van der Waals surface area (Å²) in [4.78, 5) is 14.4. The Balaban J connectivity index is 1.80. The van der Waals surface area contributed by atoms with Gasteiger partial charge in [-0.15, -0.1) is 0 Å². The Hall–Kier alpha value is -2.33. The average molecular weight is 340 g/mol. The number of carbonyl (C=O) groups is 1. The normalized spacial score (nSPS) is 12.0. The zero-order valence-corrected chi connectivity index (χ0v) is 15.4. The molecule has 0 aliphatic carbocycles. The van der Waals surface area contributed by atoms with Gasteiger partial charge >= 0.3 is 0 Å². The molecule has 2 rings (SSSR count). The Morgan fingerprint density at radius 1 is 1.08 bits per heavy atom. The molecule has 0 radical (unpaired) electrons. The van der Waals surface area contributed by atoms with Gasteiger partial charge < -0.3 is 10.1 Å². The summed E-state index contributed by atoms with van der Waals surface area (Å²) < 4.78 is 5.71. The first-order chi connectivity index (χ1) is 12.1. The summed E-state index contributed by atoms with van der Waals surface area (Å²) in [5.41, 5.74) is 2.30. The van der Waals surface area contributed by atoms with Crippen LogP contribution in [0.15, 0.2) is 54.6 Å². The lowest BCUT2D eigenvalue weighted by molar-refractivity contribution is -0.125. The highest BCUT2D eigenvalue weighted by Gasteiger charge is 2.22. The van der Waals surface area contributed by atoms with E-state index in [2.05, 4.69) is 24.4 Å². The van der Waals surface area contributed by atoms with Crippen LogP contribution in [0.4, 0.5) is 0 Å². The Morgan fingerprint density at radius 2 is 1.76 bits per heavy atom. The number of nitrogens with zero attached hydrogens (tertiary/aromatic N) is 1. The second kappa shape index (κ2) is 9.84. The Morgan fingerprint density at radius 3 is 2.36 bits per heavy atom. The number of carbonyl (C=O) groups excluding carboxylic acids is 1. The van der Waals surface area contributed by atoms with Gasteiger partial charge in [0.2, 0.25) is 5.91 Å². The maximum atomic E-state index is 12.5. The van der Waals surface area contributed by atoms with Gasteiger partial charge in [0.15, 0.2) is 0 Å². The van der Waals surface area contributed by atoms with Crippen molar-refractivity contribution in [3.05, 3.63) is 65.7 Å². The average Bonchev–Trinajstić information content (AvgIpc) is 2.61. The molecule has 0 bridgehead atoms. The summed E-state index contributed by atoms with van der Waals surface area (Å²) in [6, 6.07) is 17.7. The van der Waals surface area contributed by atoms with Crippen LogP contribution in [0.5, 0.6) is 5.75 Å². The molecule has 4 nitrogen and oxygen atoms in total. The van der Waals surface area contributed by atoms with Crippen molar-refractivity contribution in [3.8, 4) is 5.75 Å². The molecule has 0 spiro atoms. The SMILES string of the molecule is CCCc1ccc(OCCNC(=O)[C@@H](c2ccccc2)N(C)C)cc1. The van der Waals surface area contributed by atoms with Crippen LogP contribution in [0.1, 0.15) is 30.5 Å². The fraction of sp³-hybridized carbons (Fsp3) is 0.381. The van der Waals surface area contributed by atoms with Crippen molar-refractivity contribution < 1.29 is 9.53 Å². The van der Waals surface area contributed by atoms with Gasteiger partial charge in [0.05, 0.1) is 6.54 Å². The summed E-state index contributed by atoms with van der Waals surface area (Å²) in [5, 5.41) is 2.96. The van der Waals surface area contributed by atoms with Crippen LogP contribution in [0.2, 0.25) is 0 Å². The lowest BCUT2D eigenvalue weighted by Gasteiger charge is -2.23. The minimum Gasteiger partial charge on any atom is -0.492 e. The monoisotopic (exact) mass is 340 g/mol. The standard InChI is InChI=1S/C21H28N2O2/c1-4-8-17-11-13-19(14-12-17)25-16-15-22-21(24)20(23(2)3)18-9-6-5-7-10-18/h5-7,9-14,20H,4,8,15-16H2,1-3H3,(H,22,24)/t20-/m1/s1. The molecular weight excluding hydrogens is 312 g/mol. The molecule has 0 saturated heterocycles. The first-order valence-electron chi connectivity index (χ1n) is 8.82. The van der Waals surface area contributed by atoms with E-state index in [4.69, 9.17) is 4.74 Å². The predicted octanol–water partition coefficient (Wildman–Crippen LogP) is 3.44. The largest absolute Gasteiger partial charge is 0.492 e. The topological polar surface area (TPSA) is 41.6 Å². The maximum Gasteiger partial charge on any atom is 0.242 e. The molecule has 2 aromatic rings. The highest BCUT2D eigenvalue weighted by atomic mass is 16.5. The summed E-state index contributed by atoms with van der Waals surface area (Å²) in [6.45, 7) is 3.10. The lowest BCUT2D eigenvalue weighted by Crippen LogP contribution is -2.38. The van der Waals surface area contributed by atoms with Crippen molar-refractivity contribution in [3.63, 3.8) is 0 Å². The number of ether oxygens (including phenoxy) is 1. The first-order valence-corrected chi connectivity index (χ1v) is 8.82. The van der Waals surface area contributed by atoms with Crippen LogP contribution in [0.25, 0.3) is 0 Å². The van der Waals surface area contributed by atoms with E-state index in [9.17, 15) is 4.79 Å². The van der Waals surface area contributed by atoms with Crippen molar-refractivity contribution >= 4 is 5.91 Å². The summed E-state index contributed by atoms with van der Waals surface area (Å²) in [6.07, 6.45) is 2.22. The fourth-order valence-electron chi connectivity index (χ4n) is 2.80. The number of hydrogen-bond donors (Lipinski definition) is 1. The fourth-order valence-corrected chi connectivity index (χ4v) is 2.80. The van der Waals surface area contributed by atoms with Gasteiger partial charge in [0, 0.05) is 0 Å². The second-order valence-electron chi connectivity index (χ2n) is 6.31. The van der Waals surface area contributed by atoms with E-state index in [1.807, 2.05) is 61.5 Å². The van der Waals surface area contributed by atoms with Crippen LogP contribution in [0.3, 0.4) is 0 Å². The van der Waals surface area contributed by atoms with Crippen LogP contribution in [-0.4, -0.2) is 38.1 Å². The van der Waals surface area contributed by atoms with E-state index in [0.29, 0.717) is 13.2 Å². The Bertz CT molecular complexity index is 639. The molecule has 0 saturated carbocycles. The van der Waals surface area contributed by atoms with Crippen LogP contribution in [0, 0.1) is 0 Å². The molecule has 1 N–H and O–H groups in total. The predicted molar refractivity (Wildman–Crippen MR) is 102 cm³/mol. The molecule has 1 amide bonds. The minimum absolute atomic E-state index is 0.0157. The third-order valence-corrected chi connectivity index (χ3v) is 4.01. The summed E-state index contributed by atoms with van der Waals surface area (Å²) >= 11 is 0. The number of amides is 1. The highest BCUT2D eigenvalue weighted by Crippen LogP contribution is 2.18. The van der Waals surface area contributed by atoms with E-state index in [0.717, 1.165) is 24.2 Å².